The van der Waals surface area contributed by atoms with Crippen LogP contribution in [0, 0.1) is 6.92 Å². The number of imidazole rings is 1. The van der Waals surface area contributed by atoms with Crippen molar-refractivity contribution < 1.29 is 4.57 Å². The average Bonchev–Trinajstić information content (AvgIpc) is 2.86. The SMILES string of the molecule is CCCCCCCCCCCCCCCCc1c[n+](C)c(C)[nH]1. The third-order valence-corrected chi connectivity index (χ3v) is 5.02. The lowest BCUT2D eigenvalue weighted by Gasteiger charge is -2.02. The van der Waals surface area contributed by atoms with Crippen LogP contribution in [0.1, 0.15) is 108 Å². The number of aromatic nitrogens is 2. The predicted molar refractivity (Wildman–Crippen MR) is 101 cm³/mol. The fourth-order valence-corrected chi connectivity index (χ4v) is 3.32. The molecular formula is C21H41N2+. The zero-order chi connectivity index (χ0) is 16.8. The van der Waals surface area contributed by atoms with Crippen LogP contribution >= 0.6 is 0 Å². The van der Waals surface area contributed by atoms with E-state index >= 15 is 0 Å². The fourth-order valence-electron chi connectivity index (χ4n) is 3.32. The van der Waals surface area contributed by atoms with Gasteiger partial charge in [-0.3, -0.25) is 0 Å². The van der Waals surface area contributed by atoms with E-state index in [-0.39, 0.29) is 0 Å². The minimum Gasteiger partial charge on any atom is -0.245 e. The van der Waals surface area contributed by atoms with Gasteiger partial charge in [-0.05, 0) is 6.42 Å². The van der Waals surface area contributed by atoms with E-state index in [2.05, 4.69) is 36.6 Å². The molecule has 0 atom stereocenters. The summed E-state index contributed by atoms with van der Waals surface area (Å²) in [5.74, 6) is 1.25. The van der Waals surface area contributed by atoms with E-state index in [4.69, 9.17) is 0 Å². The standard InChI is InChI=1S/C21H40N2/c1-4-5-6-7-8-9-10-11-12-13-14-15-16-17-18-21-19-23(3)20(2)22-21/h19H,4-18H2,1-3H3/p+1. The lowest BCUT2D eigenvalue weighted by atomic mass is 10.0. The maximum Gasteiger partial charge on any atom is 0.251 e. The zero-order valence-electron chi connectivity index (χ0n) is 16.1. The van der Waals surface area contributed by atoms with Gasteiger partial charge in [0.05, 0.1) is 7.05 Å². The van der Waals surface area contributed by atoms with E-state index in [1.165, 1.54) is 108 Å². The maximum atomic E-state index is 3.45. The average molecular weight is 322 g/mol. The Morgan fingerprint density at radius 1 is 0.739 bits per heavy atom. The first kappa shape index (κ1) is 20.3. The topological polar surface area (TPSA) is 19.7 Å². The van der Waals surface area contributed by atoms with Crippen molar-refractivity contribution in [3.63, 3.8) is 0 Å². The van der Waals surface area contributed by atoms with Crippen molar-refractivity contribution >= 4 is 0 Å². The van der Waals surface area contributed by atoms with Crippen molar-refractivity contribution in [2.45, 2.75) is 110 Å². The summed E-state index contributed by atoms with van der Waals surface area (Å²) in [7, 11) is 2.11. The monoisotopic (exact) mass is 321 g/mol. The summed E-state index contributed by atoms with van der Waals surface area (Å²) >= 11 is 0. The van der Waals surface area contributed by atoms with Crippen LogP contribution in [0.4, 0.5) is 0 Å². The van der Waals surface area contributed by atoms with Crippen molar-refractivity contribution in [3.8, 4) is 0 Å². The number of H-pyrrole nitrogens is 1. The summed E-state index contributed by atoms with van der Waals surface area (Å²) in [5.41, 5.74) is 1.39. The number of rotatable bonds is 15. The smallest absolute Gasteiger partial charge is 0.245 e. The minimum atomic E-state index is 1.21. The summed E-state index contributed by atoms with van der Waals surface area (Å²) in [5, 5.41) is 0. The normalized spacial score (nSPS) is 11.3. The van der Waals surface area contributed by atoms with Crippen molar-refractivity contribution in [3.05, 3.63) is 17.7 Å². The van der Waals surface area contributed by atoms with Gasteiger partial charge < -0.3 is 0 Å². The van der Waals surface area contributed by atoms with E-state index in [9.17, 15) is 0 Å². The van der Waals surface area contributed by atoms with Crippen molar-refractivity contribution in [2.24, 2.45) is 7.05 Å². The molecule has 0 unspecified atom stereocenters. The Hall–Kier alpha value is -0.790. The molecule has 134 valence electrons. The number of hydrogen-bond acceptors (Lipinski definition) is 0. The largest absolute Gasteiger partial charge is 0.251 e. The molecule has 0 bridgehead atoms. The van der Waals surface area contributed by atoms with Crippen LogP contribution in [0.2, 0.25) is 0 Å². The molecule has 0 saturated heterocycles. The van der Waals surface area contributed by atoms with Crippen LogP contribution in [0.25, 0.3) is 0 Å². The number of nitrogens with zero attached hydrogens (tertiary/aromatic N) is 1. The van der Waals surface area contributed by atoms with E-state index in [1.807, 2.05) is 0 Å². The molecule has 0 aromatic carbocycles. The third kappa shape index (κ3) is 10.6. The van der Waals surface area contributed by atoms with Crippen LogP contribution in [0.3, 0.4) is 0 Å². The summed E-state index contributed by atoms with van der Waals surface area (Å²) in [6.45, 7) is 4.43. The lowest BCUT2D eigenvalue weighted by Crippen LogP contribution is -2.28. The Morgan fingerprint density at radius 2 is 1.17 bits per heavy atom. The highest BCUT2D eigenvalue weighted by atomic mass is 15.0. The second-order valence-corrected chi connectivity index (χ2v) is 7.32. The van der Waals surface area contributed by atoms with Gasteiger partial charge in [0.25, 0.3) is 5.82 Å². The molecule has 0 amide bonds. The maximum absolute atomic E-state index is 3.45. The zero-order valence-corrected chi connectivity index (χ0v) is 16.1. The molecule has 1 aromatic rings. The molecule has 0 aliphatic rings. The van der Waals surface area contributed by atoms with Gasteiger partial charge in [-0.1, -0.05) is 90.4 Å². The number of aromatic amines is 1. The molecule has 0 aliphatic heterocycles. The van der Waals surface area contributed by atoms with Gasteiger partial charge in [-0.15, -0.1) is 0 Å². The van der Waals surface area contributed by atoms with Crippen LogP contribution in [0.5, 0.6) is 0 Å². The molecule has 1 N–H and O–H groups in total. The van der Waals surface area contributed by atoms with E-state index in [0.717, 1.165) is 0 Å². The van der Waals surface area contributed by atoms with Crippen LogP contribution in [-0.4, -0.2) is 4.98 Å². The Morgan fingerprint density at radius 3 is 1.57 bits per heavy atom. The number of unbranched alkanes of at least 4 members (excludes halogenated alkanes) is 13. The second kappa shape index (κ2) is 13.6. The lowest BCUT2D eigenvalue weighted by molar-refractivity contribution is -0.676. The van der Waals surface area contributed by atoms with Crippen LogP contribution in [-0.2, 0) is 13.5 Å². The number of aryl methyl sites for hydroxylation is 3. The summed E-state index contributed by atoms with van der Waals surface area (Å²) < 4.78 is 2.18. The van der Waals surface area contributed by atoms with Gasteiger partial charge in [0.15, 0.2) is 0 Å². The molecule has 0 fully saturated rings. The quantitative estimate of drug-likeness (QED) is 0.294. The van der Waals surface area contributed by atoms with E-state index in [0.29, 0.717) is 0 Å². The van der Waals surface area contributed by atoms with E-state index < -0.39 is 0 Å². The number of hydrogen-bond donors (Lipinski definition) is 1. The van der Waals surface area contributed by atoms with Gasteiger partial charge in [0.2, 0.25) is 0 Å². The van der Waals surface area contributed by atoms with Gasteiger partial charge in [0.1, 0.15) is 11.9 Å². The molecule has 0 spiro atoms. The molecular weight excluding hydrogens is 280 g/mol. The molecule has 1 rings (SSSR count). The summed E-state index contributed by atoms with van der Waals surface area (Å²) in [6, 6.07) is 0. The van der Waals surface area contributed by atoms with Crippen molar-refractivity contribution in [2.75, 3.05) is 0 Å². The fraction of sp³-hybridized carbons (Fsp3) is 0.857. The molecule has 2 nitrogen and oxygen atoms in total. The van der Waals surface area contributed by atoms with Crippen molar-refractivity contribution in [1.82, 2.24) is 4.98 Å². The Bertz CT molecular complexity index is 362. The van der Waals surface area contributed by atoms with E-state index in [1.54, 1.807) is 0 Å². The summed E-state index contributed by atoms with van der Waals surface area (Å²) in [4.78, 5) is 3.45. The Labute approximate surface area is 145 Å². The molecule has 0 saturated carbocycles. The van der Waals surface area contributed by atoms with Crippen molar-refractivity contribution in [1.29, 1.82) is 0 Å². The highest BCUT2D eigenvalue weighted by Crippen LogP contribution is 2.13. The second-order valence-electron chi connectivity index (χ2n) is 7.32. The summed E-state index contributed by atoms with van der Waals surface area (Å²) in [6.07, 6.45) is 23.5. The highest BCUT2D eigenvalue weighted by molar-refractivity contribution is 4.93. The molecule has 2 heteroatoms. The Balaban J connectivity index is 1.78. The van der Waals surface area contributed by atoms with Gasteiger partial charge in [-0.2, -0.15) is 0 Å². The van der Waals surface area contributed by atoms with Gasteiger partial charge >= 0.3 is 0 Å². The molecule has 1 heterocycles. The van der Waals surface area contributed by atoms with Crippen LogP contribution < -0.4 is 4.57 Å². The van der Waals surface area contributed by atoms with Crippen LogP contribution in [0.15, 0.2) is 6.20 Å². The molecule has 23 heavy (non-hydrogen) atoms. The third-order valence-electron chi connectivity index (χ3n) is 5.02. The molecule has 0 radical (unpaired) electrons. The predicted octanol–water partition coefficient (Wildman–Crippen LogP) is 6.17. The first-order chi connectivity index (χ1) is 11.2. The van der Waals surface area contributed by atoms with Gasteiger partial charge in [0, 0.05) is 13.3 Å². The number of nitrogens with one attached hydrogen (secondary N) is 1. The minimum absolute atomic E-state index is 1.21. The van der Waals surface area contributed by atoms with Gasteiger partial charge in [-0.25, -0.2) is 9.55 Å². The Kier molecular flexibility index (Phi) is 12.0. The first-order valence-electron chi connectivity index (χ1n) is 10.3. The first-order valence-corrected chi connectivity index (χ1v) is 10.3. The highest BCUT2D eigenvalue weighted by Gasteiger charge is 2.06. The molecule has 0 aliphatic carbocycles. The molecule has 1 aromatic heterocycles.